The Bertz CT molecular complexity index is 2370. The largest absolute Gasteiger partial charge is 0.481 e. The number of H-pyrrole nitrogens is 1. The third kappa shape index (κ3) is 19.3. The molecule has 3 rings (SSSR count). The molecule has 74 heavy (non-hydrogen) atoms. The van der Waals surface area contributed by atoms with Crippen LogP contribution in [0.5, 0.6) is 0 Å². The molecule has 28 heteroatoms. The van der Waals surface area contributed by atoms with Crippen molar-refractivity contribution in [3.8, 4) is 0 Å². The molecule has 2 heterocycles. The highest BCUT2D eigenvalue weighted by Gasteiger charge is 2.40. The Morgan fingerprint density at radius 1 is 0.716 bits per heavy atom. The number of nitrogens with two attached hydrogens (primary N) is 6. The number of aliphatic imine (C=N–C) groups is 1. The molecule has 1 aromatic heterocycles. The second-order valence-electron chi connectivity index (χ2n) is 18.2. The van der Waals surface area contributed by atoms with E-state index in [2.05, 4.69) is 41.9 Å². The molecule has 2 aromatic rings. The molecule has 1 saturated heterocycles. The van der Waals surface area contributed by atoms with E-state index >= 15 is 0 Å². The third-order valence-corrected chi connectivity index (χ3v) is 12.0. The van der Waals surface area contributed by atoms with E-state index in [-0.39, 0.29) is 57.7 Å². The number of likely N-dealkylation sites (tertiary alicyclic amines) is 1. The monoisotopic (exact) mass is 1040 g/mol. The Labute approximate surface area is 426 Å². The van der Waals surface area contributed by atoms with Gasteiger partial charge in [0.15, 0.2) is 5.96 Å². The molecule has 21 N–H and O–H groups in total. The number of nitrogens with zero attached hydrogens (tertiary/aromatic N) is 2. The van der Waals surface area contributed by atoms with Gasteiger partial charge >= 0.3 is 11.9 Å². The first-order valence-electron chi connectivity index (χ1n) is 24.1. The summed E-state index contributed by atoms with van der Waals surface area (Å²) in [5, 5.41) is 35.2. The number of carbonyl (C=O) groups excluding carboxylic acids is 9. The van der Waals surface area contributed by atoms with E-state index in [4.69, 9.17) is 34.4 Å². The number of aromatic nitrogens is 1. The fourth-order valence-electron chi connectivity index (χ4n) is 8.15. The number of guanidine groups is 1. The molecule has 0 saturated carbocycles. The number of nitrogens with one attached hydrogen (secondary N) is 7. The van der Waals surface area contributed by atoms with Crippen LogP contribution >= 0.6 is 0 Å². The number of hydrogen-bond donors (Lipinski definition) is 15. The number of para-hydroxylation sites is 1. The molecule has 1 aliphatic rings. The molecule has 8 atom stereocenters. The lowest BCUT2D eigenvalue weighted by molar-refractivity contribution is -0.143. The normalized spacial score (nSPS) is 16.0. The Balaban J connectivity index is 1.89. The number of unbranched alkanes of at least 4 members (excludes halogenated alkanes) is 1. The van der Waals surface area contributed by atoms with Gasteiger partial charge in [-0.1, -0.05) is 32.0 Å². The van der Waals surface area contributed by atoms with Gasteiger partial charge < -0.3 is 86.4 Å². The van der Waals surface area contributed by atoms with Crippen LogP contribution in [0.2, 0.25) is 0 Å². The topological polar surface area (TPSA) is 488 Å². The van der Waals surface area contributed by atoms with E-state index in [1.165, 1.54) is 4.90 Å². The van der Waals surface area contributed by atoms with Crippen LogP contribution in [0.25, 0.3) is 10.9 Å². The molecular formula is C46H71N15O13. The maximum absolute atomic E-state index is 14.3. The molecular weight excluding hydrogens is 971 g/mol. The first-order valence-corrected chi connectivity index (χ1v) is 24.1. The highest BCUT2D eigenvalue weighted by molar-refractivity contribution is 5.99. The SMILES string of the molecule is CC(C)[C@H](NC(=O)[C@H](CCC(N)=O)NC(=O)[C@H](CC(=O)O)NC(=O)[C@H](Cc1c[nH]c2ccccc12)NC(=O)[C@@H]1CCCN1C(=O)[C@@H](N)CC(N)=O)C(=O)N[C@@H](CCCCN)C(=O)N[C@@H](CCCN=C(N)N)C(=O)O. The fourth-order valence-corrected chi connectivity index (χ4v) is 8.15. The smallest absolute Gasteiger partial charge is 0.326 e. The van der Waals surface area contributed by atoms with Crippen molar-refractivity contribution in [2.75, 3.05) is 19.6 Å². The number of aromatic amines is 1. The number of amides is 9. The Kier molecular flexibility index (Phi) is 24.2. The fraction of sp³-hybridized carbons (Fsp3) is 0.565. The highest BCUT2D eigenvalue weighted by Crippen LogP contribution is 2.22. The van der Waals surface area contributed by atoms with Crippen molar-refractivity contribution in [1.29, 1.82) is 0 Å². The van der Waals surface area contributed by atoms with Crippen LogP contribution in [-0.2, 0) is 59.2 Å². The molecule has 28 nitrogen and oxygen atoms in total. The minimum atomic E-state index is -1.93. The molecule has 1 aliphatic heterocycles. The van der Waals surface area contributed by atoms with Crippen molar-refractivity contribution in [2.24, 2.45) is 45.3 Å². The number of aliphatic carboxylic acids is 2. The lowest BCUT2D eigenvalue weighted by atomic mass is 10.00. The molecule has 9 amide bonds. The van der Waals surface area contributed by atoms with Gasteiger partial charge in [-0.3, -0.25) is 52.9 Å². The molecule has 0 aliphatic carbocycles. The van der Waals surface area contributed by atoms with E-state index in [9.17, 15) is 63.0 Å². The predicted octanol–water partition coefficient (Wildman–Crippen LogP) is -4.52. The van der Waals surface area contributed by atoms with E-state index in [0.29, 0.717) is 35.7 Å². The zero-order chi connectivity index (χ0) is 55.2. The summed E-state index contributed by atoms with van der Waals surface area (Å²) in [5.41, 5.74) is 34.1. The molecule has 1 fully saturated rings. The standard InChI is InChI=1S/C46H71N15O13/c1-23(2)37(43(71)56-28(11-5-6-16-47)38(66)57-30(45(73)74)12-7-17-53-46(51)52)60-39(67)29(14-15-34(49)62)55-41(69)32(21-36(64)65)58-40(68)31(19-24-22-54-27-10-4-3-9-25(24)27)59-42(70)33-13-8-18-61(33)44(72)26(48)20-35(50)63/h3-4,9-10,22-23,26,28-33,37,54H,5-8,11-21,47-48H2,1-2H3,(H2,49,62)(H2,50,63)(H,55,69)(H,56,71)(H,57,66)(H,58,68)(H,59,70)(H,60,67)(H,64,65)(H,73,74)(H4,51,52,53)/t26-,28-,29-,30-,31-,32-,33-,37-/m0/s1. The molecule has 0 spiro atoms. The summed E-state index contributed by atoms with van der Waals surface area (Å²) in [5.74, 6) is -12.2. The van der Waals surface area contributed by atoms with E-state index in [0.717, 1.165) is 0 Å². The van der Waals surface area contributed by atoms with Gasteiger partial charge in [-0.15, -0.1) is 0 Å². The van der Waals surface area contributed by atoms with Crippen LogP contribution in [-0.4, -0.2) is 159 Å². The number of hydrogen-bond acceptors (Lipinski definition) is 14. The van der Waals surface area contributed by atoms with Crippen molar-refractivity contribution >= 4 is 82.0 Å². The number of carboxylic acids is 2. The van der Waals surface area contributed by atoms with Crippen LogP contribution in [0.15, 0.2) is 35.5 Å². The van der Waals surface area contributed by atoms with E-state index in [1.807, 2.05) is 0 Å². The lowest BCUT2D eigenvalue weighted by Crippen LogP contribution is -2.61. The van der Waals surface area contributed by atoms with Gasteiger partial charge in [-0.2, -0.15) is 0 Å². The summed E-state index contributed by atoms with van der Waals surface area (Å²) >= 11 is 0. The van der Waals surface area contributed by atoms with Gasteiger partial charge in [0.05, 0.1) is 18.9 Å². The van der Waals surface area contributed by atoms with Crippen LogP contribution in [0, 0.1) is 5.92 Å². The molecule has 0 unspecified atom stereocenters. The van der Waals surface area contributed by atoms with Crippen molar-refractivity contribution < 1.29 is 63.0 Å². The number of fused-ring (bicyclic) bond motifs is 1. The van der Waals surface area contributed by atoms with Crippen LogP contribution in [0.1, 0.15) is 90.0 Å². The van der Waals surface area contributed by atoms with Gasteiger partial charge in [0.1, 0.15) is 42.3 Å². The molecule has 1 aromatic carbocycles. The summed E-state index contributed by atoms with van der Waals surface area (Å²) in [6.45, 7) is 3.53. The molecule has 408 valence electrons. The number of benzene rings is 1. The van der Waals surface area contributed by atoms with Gasteiger partial charge in [-0.05, 0) is 75.5 Å². The van der Waals surface area contributed by atoms with Crippen molar-refractivity contribution in [2.45, 2.75) is 139 Å². The van der Waals surface area contributed by atoms with Crippen LogP contribution in [0.4, 0.5) is 0 Å². The Hall–Kier alpha value is -7.88. The average Bonchev–Trinajstić information content (AvgIpc) is 3.99. The Morgan fingerprint density at radius 2 is 1.31 bits per heavy atom. The Morgan fingerprint density at radius 3 is 1.93 bits per heavy atom. The average molecular weight is 1040 g/mol. The van der Waals surface area contributed by atoms with Crippen LogP contribution < -0.4 is 66.3 Å². The van der Waals surface area contributed by atoms with Crippen molar-refractivity contribution in [3.63, 3.8) is 0 Å². The quantitative estimate of drug-likeness (QED) is 0.0186. The first kappa shape index (κ1) is 60.4. The zero-order valence-corrected chi connectivity index (χ0v) is 41.4. The van der Waals surface area contributed by atoms with Crippen molar-refractivity contribution in [1.82, 2.24) is 41.8 Å². The number of carbonyl (C=O) groups is 11. The second-order valence-corrected chi connectivity index (χ2v) is 18.2. The summed E-state index contributed by atoms with van der Waals surface area (Å²) in [4.78, 5) is 153. The van der Waals surface area contributed by atoms with Gasteiger partial charge in [0.2, 0.25) is 53.2 Å². The second kappa shape index (κ2) is 29.6. The zero-order valence-electron chi connectivity index (χ0n) is 41.4. The number of rotatable bonds is 32. The first-order chi connectivity index (χ1) is 34.9. The lowest BCUT2D eigenvalue weighted by Gasteiger charge is -2.29. The maximum atomic E-state index is 14.3. The van der Waals surface area contributed by atoms with Gasteiger partial charge in [0.25, 0.3) is 0 Å². The summed E-state index contributed by atoms with van der Waals surface area (Å²) < 4.78 is 0. The van der Waals surface area contributed by atoms with Gasteiger partial charge in [0, 0.05) is 43.0 Å². The van der Waals surface area contributed by atoms with Crippen molar-refractivity contribution in [3.05, 3.63) is 36.0 Å². The predicted molar refractivity (Wildman–Crippen MR) is 266 cm³/mol. The minimum absolute atomic E-state index is 0.0139. The highest BCUT2D eigenvalue weighted by atomic mass is 16.4. The van der Waals surface area contributed by atoms with E-state index in [1.54, 1.807) is 44.3 Å². The maximum Gasteiger partial charge on any atom is 0.326 e. The summed E-state index contributed by atoms with van der Waals surface area (Å²) in [6.07, 6.45) is 0.277. The molecule has 0 radical (unpaired) electrons. The van der Waals surface area contributed by atoms with Crippen LogP contribution in [0.3, 0.4) is 0 Å². The summed E-state index contributed by atoms with van der Waals surface area (Å²) in [7, 11) is 0. The minimum Gasteiger partial charge on any atom is -0.481 e. The van der Waals surface area contributed by atoms with Gasteiger partial charge in [-0.25, -0.2) is 4.79 Å². The van der Waals surface area contributed by atoms with E-state index < -0.39 is 145 Å². The third-order valence-electron chi connectivity index (χ3n) is 12.0. The number of carboxylic acid groups (broad SMARTS) is 2. The molecule has 0 bridgehead atoms. The number of primary amides is 2. The summed E-state index contributed by atoms with van der Waals surface area (Å²) in [6, 6.07) is -4.73.